The molecule has 10 heteroatoms. The number of ether oxygens (including phenoxy) is 1. The molecule has 4 aromatic rings. The zero-order valence-electron chi connectivity index (χ0n) is 18.4. The summed E-state index contributed by atoms with van der Waals surface area (Å²) in [6.07, 6.45) is 3.34. The number of H-pyrrole nitrogens is 1. The van der Waals surface area contributed by atoms with Crippen LogP contribution in [0.4, 0.5) is 0 Å². The van der Waals surface area contributed by atoms with Crippen molar-refractivity contribution in [2.45, 2.75) is 19.8 Å². The molecule has 0 unspecified atom stereocenters. The molecule has 0 radical (unpaired) electrons. The van der Waals surface area contributed by atoms with Gasteiger partial charge in [-0.3, -0.25) is 14.4 Å². The lowest BCUT2D eigenvalue weighted by molar-refractivity contribution is -0.584. The fourth-order valence-electron chi connectivity index (χ4n) is 3.51. The number of amides is 1. The Bertz CT molecular complexity index is 1390. The minimum Gasteiger partial charge on any atom is -0.483 e. The van der Waals surface area contributed by atoms with Gasteiger partial charge in [0.1, 0.15) is 28.8 Å². The summed E-state index contributed by atoms with van der Waals surface area (Å²) < 4.78 is 13.2. The van der Waals surface area contributed by atoms with E-state index in [2.05, 4.69) is 15.5 Å². The predicted molar refractivity (Wildman–Crippen MR) is 122 cm³/mol. The molecule has 3 N–H and O–H groups in total. The number of aliphatic carboxylic acids is 1. The summed E-state index contributed by atoms with van der Waals surface area (Å²) in [7, 11) is 0. The first-order chi connectivity index (χ1) is 16.5. The van der Waals surface area contributed by atoms with Crippen LogP contribution in [0.15, 0.2) is 64.3 Å². The maximum absolute atomic E-state index is 13.4. The number of aromatic nitrogens is 3. The number of nitrogens with zero attached hydrogens (tertiary/aromatic N) is 2. The van der Waals surface area contributed by atoms with E-state index < -0.39 is 11.9 Å². The number of benzene rings is 2. The van der Waals surface area contributed by atoms with Crippen molar-refractivity contribution in [3.05, 3.63) is 70.8 Å². The number of carbonyl (C=O) groups is 2. The molecule has 0 aliphatic heterocycles. The van der Waals surface area contributed by atoms with Crippen LogP contribution in [0.1, 0.15) is 18.9 Å². The second kappa shape index (κ2) is 9.99. The topological polar surface area (TPSA) is 138 Å². The molecule has 2 heterocycles. The maximum atomic E-state index is 13.4. The van der Waals surface area contributed by atoms with Gasteiger partial charge in [-0.25, -0.2) is 0 Å². The van der Waals surface area contributed by atoms with E-state index in [1.54, 1.807) is 23.0 Å². The summed E-state index contributed by atoms with van der Waals surface area (Å²) >= 11 is 0. The van der Waals surface area contributed by atoms with Crippen LogP contribution >= 0.6 is 0 Å². The van der Waals surface area contributed by atoms with Crippen molar-refractivity contribution >= 4 is 22.8 Å². The zero-order valence-corrected chi connectivity index (χ0v) is 18.4. The van der Waals surface area contributed by atoms with Crippen molar-refractivity contribution in [1.29, 1.82) is 0 Å². The third-order valence-electron chi connectivity index (χ3n) is 5.23. The second-order valence-electron chi connectivity index (χ2n) is 7.48. The average Bonchev–Trinajstić information content (AvgIpc) is 3.32. The van der Waals surface area contributed by atoms with Gasteiger partial charge in [0, 0.05) is 17.7 Å². The van der Waals surface area contributed by atoms with E-state index in [4.69, 9.17) is 14.3 Å². The molecule has 0 aliphatic carbocycles. The Kier molecular flexibility index (Phi) is 6.67. The number of carbonyl (C=O) groups excluding carboxylic acids is 1. The highest BCUT2D eigenvalue weighted by molar-refractivity contribution is 5.83. The van der Waals surface area contributed by atoms with Crippen LogP contribution in [0.25, 0.3) is 28.0 Å². The van der Waals surface area contributed by atoms with Crippen LogP contribution in [-0.2, 0) is 16.0 Å². The molecule has 4 rings (SSSR count). The van der Waals surface area contributed by atoms with Crippen molar-refractivity contribution in [1.82, 2.24) is 15.5 Å². The summed E-state index contributed by atoms with van der Waals surface area (Å²) in [6.45, 7) is 1.64. The van der Waals surface area contributed by atoms with Crippen molar-refractivity contribution in [3.63, 3.8) is 0 Å². The normalized spacial score (nSPS) is 10.9. The first-order valence-corrected chi connectivity index (χ1v) is 10.7. The molecule has 34 heavy (non-hydrogen) atoms. The summed E-state index contributed by atoms with van der Waals surface area (Å²) in [6, 6.07) is 12.8. The Morgan fingerprint density at radius 3 is 2.76 bits per heavy atom. The summed E-state index contributed by atoms with van der Waals surface area (Å²) in [5.41, 5.74) is 1.98. The first-order valence-electron chi connectivity index (χ1n) is 10.7. The number of carboxylic acids is 1. The van der Waals surface area contributed by atoms with Crippen LogP contribution in [0.2, 0.25) is 0 Å². The van der Waals surface area contributed by atoms with Gasteiger partial charge in [-0.15, -0.1) is 5.10 Å². The molecule has 174 valence electrons. The van der Waals surface area contributed by atoms with Crippen molar-refractivity contribution in [2.75, 3.05) is 13.2 Å². The SMILES string of the molecule is CCc1cc2c(=O)c(-c3[nH]nc[n+]3-c3ccccc3)coc2cc1OCC(=O)NCCC(=O)O. The maximum Gasteiger partial charge on any atom is 0.305 e. The van der Waals surface area contributed by atoms with Crippen LogP contribution in [0.3, 0.4) is 0 Å². The zero-order chi connectivity index (χ0) is 24.1. The fraction of sp³-hybridized carbons (Fsp3) is 0.208. The highest BCUT2D eigenvalue weighted by atomic mass is 16.5. The molecule has 0 bridgehead atoms. The molecule has 0 saturated heterocycles. The summed E-state index contributed by atoms with van der Waals surface area (Å²) in [5.74, 6) is -0.536. The number of hydrogen-bond acceptors (Lipinski definition) is 6. The lowest BCUT2D eigenvalue weighted by Gasteiger charge is -2.12. The Labute approximate surface area is 193 Å². The molecule has 0 saturated carbocycles. The minimum absolute atomic E-state index is 0.0180. The monoisotopic (exact) mass is 463 g/mol. The molecular formula is C24H23N4O6+. The number of hydrogen-bond donors (Lipinski definition) is 3. The Hall–Kier alpha value is -4.47. The van der Waals surface area contributed by atoms with Gasteiger partial charge in [-0.1, -0.05) is 25.1 Å². The van der Waals surface area contributed by atoms with E-state index >= 15 is 0 Å². The molecule has 10 nitrogen and oxygen atoms in total. The second-order valence-corrected chi connectivity index (χ2v) is 7.48. The number of para-hydroxylation sites is 1. The first kappa shape index (κ1) is 22.7. The quantitative estimate of drug-likeness (QED) is 0.323. The fourth-order valence-corrected chi connectivity index (χ4v) is 3.51. The average molecular weight is 463 g/mol. The van der Waals surface area contributed by atoms with E-state index in [9.17, 15) is 14.4 Å². The third-order valence-corrected chi connectivity index (χ3v) is 5.23. The molecule has 0 aliphatic rings. The van der Waals surface area contributed by atoms with Gasteiger partial charge in [-0.2, -0.15) is 4.57 Å². The van der Waals surface area contributed by atoms with E-state index in [1.165, 1.54) is 6.26 Å². The van der Waals surface area contributed by atoms with E-state index in [1.807, 2.05) is 37.3 Å². The van der Waals surface area contributed by atoms with Crippen molar-refractivity contribution in [2.24, 2.45) is 0 Å². The van der Waals surface area contributed by atoms with E-state index in [0.29, 0.717) is 34.5 Å². The van der Waals surface area contributed by atoms with Gasteiger partial charge in [0.15, 0.2) is 6.61 Å². The number of aryl methyl sites for hydroxylation is 1. The van der Waals surface area contributed by atoms with Gasteiger partial charge in [-0.05, 0) is 30.2 Å². The predicted octanol–water partition coefficient (Wildman–Crippen LogP) is 1.99. The van der Waals surface area contributed by atoms with Crippen LogP contribution in [-0.4, -0.2) is 40.3 Å². The number of rotatable bonds is 9. The number of carboxylic acid groups (broad SMARTS) is 1. The standard InChI is InChI=1S/C24H22N4O6/c1-2-15-10-17-20(11-19(15)34-13-21(29)25-9-8-22(30)31)33-12-18(23(17)32)24-27-26-14-28(24)16-6-4-3-5-7-16/h3-7,10-12,14H,2,8-9,13H2,1H3,(H2,25,29,30,31)/p+1. The highest BCUT2D eigenvalue weighted by Gasteiger charge is 2.21. The van der Waals surface area contributed by atoms with Gasteiger partial charge < -0.3 is 19.6 Å². The van der Waals surface area contributed by atoms with Crippen LogP contribution < -0.4 is 20.0 Å². The molecular weight excluding hydrogens is 440 g/mol. The Balaban J connectivity index is 1.63. The van der Waals surface area contributed by atoms with E-state index in [0.717, 1.165) is 11.3 Å². The molecule has 2 aromatic carbocycles. The molecule has 0 fully saturated rings. The van der Waals surface area contributed by atoms with Gasteiger partial charge in [0.05, 0.1) is 11.8 Å². The molecule has 0 spiro atoms. The third kappa shape index (κ3) is 4.80. The number of aromatic amines is 1. The smallest absolute Gasteiger partial charge is 0.305 e. The van der Waals surface area contributed by atoms with Gasteiger partial charge >= 0.3 is 5.97 Å². The highest BCUT2D eigenvalue weighted by Crippen LogP contribution is 2.26. The largest absolute Gasteiger partial charge is 0.483 e. The van der Waals surface area contributed by atoms with Crippen molar-refractivity contribution in [3.8, 4) is 22.8 Å². The van der Waals surface area contributed by atoms with Gasteiger partial charge in [0.25, 0.3) is 18.1 Å². The molecule has 2 aromatic heterocycles. The van der Waals surface area contributed by atoms with Crippen LogP contribution in [0.5, 0.6) is 5.75 Å². The van der Waals surface area contributed by atoms with Crippen molar-refractivity contribution < 1.29 is 28.4 Å². The summed E-state index contributed by atoms with van der Waals surface area (Å²) in [4.78, 5) is 35.8. The Morgan fingerprint density at radius 1 is 1.24 bits per heavy atom. The lowest BCUT2D eigenvalue weighted by atomic mass is 10.1. The van der Waals surface area contributed by atoms with E-state index in [-0.39, 0.29) is 25.0 Å². The molecule has 1 amide bonds. The summed E-state index contributed by atoms with van der Waals surface area (Å²) in [5, 5.41) is 18.5. The van der Waals surface area contributed by atoms with Gasteiger partial charge in [0.2, 0.25) is 5.43 Å². The minimum atomic E-state index is -0.997. The van der Waals surface area contributed by atoms with Crippen LogP contribution in [0, 0.1) is 0 Å². The Morgan fingerprint density at radius 2 is 2.03 bits per heavy atom. The number of nitrogens with one attached hydrogen (secondary N) is 2. The number of fused-ring (bicyclic) bond motifs is 1. The molecule has 0 atom stereocenters. The lowest BCUT2D eigenvalue weighted by Crippen LogP contribution is -2.32.